The van der Waals surface area contributed by atoms with E-state index in [2.05, 4.69) is 42.1 Å². The number of hydrogen-bond acceptors (Lipinski definition) is 3. The summed E-state index contributed by atoms with van der Waals surface area (Å²) in [6, 6.07) is 6.44. The van der Waals surface area contributed by atoms with Crippen LogP contribution in [0.2, 0.25) is 0 Å². The van der Waals surface area contributed by atoms with Gasteiger partial charge in [0.05, 0.1) is 11.9 Å². The molecule has 1 aromatic carbocycles. The summed E-state index contributed by atoms with van der Waals surface area (Å²) in [4.78, 5) is 5.58. The zero-order chi connectivity index (χ0) is 12.0. The van der Waals surface area contributed by atoms with Crippen LogP contribution in [0.1, 0.15) is 16.1 Å². The van der Waals surface area contributed by atoms with Gasteiger partial charge in [0.2, 0.25) is 4.96 Å². The molecule has 0 saturated heterocycles. The Morgan fingerprint density at radius 1 is 1.18 bits per heavy atom. The summed E-state index contributed by atoms with van der Waals surface area (Å²) < 4.78 is 1.86. The Morgan fingerprint density at radius 2 is 2.00 bits per heavy atom. The average Bonchev–Trinajstić information content (AvgIpc) is 2.78. The van der Waals surface area contributed by atoms with E-state index in [1.54, 1.807) is 11.3 Å². The average molecular weight is 243 g/mol. The summed E-state index contributed by atoms with van der Waals surface area (Å²) in [6.07, 6.45) is 2.00. The molecular formula is C13H13N3S. The van der Waals surface area contributed by atoms with Gasteiger partial charge in [-0.05, 0) is 32.4 Å². The quantitative estimate of drug-likeness (QED) is 0.656. The molecule has 0 unspecified atom stereocenters. The molecular weight excluding hydrogens is 230 g/mol. The molecule has 3 aromatic rings. The summed E-state index contributed by atoms with van der Waals surface area (Å²) in [5, 5.41) is 5.43. The van der Waals surface area contributed by atoms with Gasteiger partial charge >= 0.3 is 0 Å². The van der Waals surface area contributed by atoms with Crippen molar-refractivity contribution in [3.8, 4) is 11.3 Å². The van der Waals surface area contributed by atoms with Crippen molar-refractivity contribution in [2.75, 3.05) is 0 Å². The highest BCUT2D eigenvalue weighted by molar-refractivity contribution is 7.16. The van der Waals surface area contributed by atoms with Gasteiger partial charge in [-0.25, -0.2) is 9.50 Å². The maximum absolute atomic E-state index is 4.62. The van der Waals surface area contributed by atoms with Crippen molar-refractivity contribution < 1.29 is 0 Å². The fourth-order valence-corrected chi connectivity index (χ4v) is 2.67. The fraction of sp³-hybridized carbons (Fsp3) is 0.231. The third kappa shape index (κ3) is 1.74. The minimum absolute atomic E-state index is 0.957. The number of aromatic nitrogens is 3. The molecule has 0 aliphatic carbocycles. The van der Waals surface area contributed by atoms with E-state index in [0.29, 0.717) is 0 Å². The summed E-state index contributed by atoms with van der Waals surface area (Å²) in [5.41, 5.74) is 4.70. The number of imidazole rings is 1. The van der Waals surface area contributed by atoms with Gasteiger partial charge < -0.3 is 0 Å². The van der Waals surface area contributed by atoms with Gasteiger partial charge in [-0.1, -0.05) is 29.0 Å². The molecule has 0 spiro atoms. The van der Waals surface area contributed by atoms with Crippen LogP contribution in [0.4, 0.5) is 0 Å². The summed E-state index contributed by atoms with van der Waals surface area (Å²) in [6.45, 7) is 6.21. The zero-order valence-electron chi connectivity index (χ0n) is 10.1. The molecule has 2 heterocycles. The van der Waals surface area contributed by atoms with Crippen LogP contribution in [-0.2, 0) is 0 Å². The standard InChI is InChI=1S/C13H13N3S/c1-8-4-5-9(2)11(6-8)12-7-16-13(14-12)17-10(3)15-16/h4-7H,1-3H3. The van der Waals surface area contributed by atoms with E-state index >= 15 is 0 Å². The number of benzene rings is 1. The van der Waals surface area contributed by atoms with Gasteiger partial charge in [0.15, 0.2) is 0 Å². The Hall–Kier alpha value is -1.68. The zero-order valence-corrected chi connectivity index (χ0v) is 10.9. The summed E-state index contributed by atoms with van der Waals surface area (Å²) >= 11 is 1.62. The van der Waals surface area contributed by atoms with E-state index < -0.39 is 0 Å². The van der Waals surface area contributed by atoms with Crippen LogP contribution in [0.15, 0.2) is 24.4 Å². The normalized spacial score (nSPS) is 11.2. The molecule has 0 saturated carbocycles. The molecule has 0 aliphatic rings. The second kappa shape index (κ2) is 3.67. The summed E-state index contributed by atoms with van der Waals surface area (Å²) in [7, 11) is 0. The lowest BCUT2D eigenvalue weighted by Gasteiger charge is -2.03. The molecule has 2 aromatic heterocycles. The number of rotatable bonds is 1. The number of hydrogen-bond donors (Lipinski definition) is 0. The van der Waals surface area contributed by atoms with Gasteiger partial charge in [0.25, 0.3) is 0 Å². The highest BCUT2D eigenvalue weighted by Gasteiger charge is 2.09. The van der Waals surface area contributed by atoms with Crippen molar-refractivity contribution in [3.63, 3.8) is 0 Å². The molecule has 3 nitrogen and oxygen atoms in total. The first-order valence-corrected chi connectivity index (χ1v) is 6.35. The molecule has 3 rings (SSSR count). The number of fused-ring (bicyclic) bond motifs is 1. The van der Waals surface area contributed by atoms with E-state index in [4.69, 9.17) is 0 Å². The Bertz CT molecular complexity index is 662. The van der Waals surface area contributed by atoms with Crippen LogP contribution in [-0.4, -0.2) is 14.6 Å². The molecule has 17 heavy (non-hydrogen) atoms. The Morgan fingerprint density at radius 3 is 2.76 bits per heavy atom. The lowest BCUT2D eigenvalue weighted by atomic mass is 10.0. The summed E-state index contributed by atoms with van der Waals surface area (Å²) in [5.74, 6) is 0. The topological polar surface area (TPSA) is 30.2 Å². The largest absolute Gasteiger partial charge is 0.217 e. The minimum Gasteiger partial charge on any atom is -0.217 e. The number of nitrogens with zero attached hydrogens (tertiary/aromatic N) is 3. The first-order chi connectivity index (χ1) is 8.13. The van der Waals surface area contributed by atoms with Crippen LogP contribution >= 0.6 is 11.3 Å². The number of aryl methyl sites for hydroxylation is 3. The molecule has 0 atom stereocenters. The molecule has 0 amide bonds. The van der Waals surface area contributed by atoms with Crippen molar-refractivity contribution in [3.05, 3.63) is 40.5 Å². The van der Waals surface area contributed by atoms with Gasteiger partial charge in [-0.3, -0.25) is 0 Å². The van der Waals surface area contributed by atoms with Crippen molar-refractivity contribution in [2.45, 2.75) is 20.8 Å². The van der Waals surface area contributed by atoms with Crippen LogP contribution in [0.5, 0.6) is 0 Å². The maximum atomic E-state index is 4.62. The lowest BCUT2D eigenvalue weighted by molar-refractivity contribution is 0.946. The lowest BCUT2D eigenvalue weighted by Crippen LogP contribution is -1.85. The smallest absolute Gasteiger partial charge is 0.212 e. The molecule has 0 aliphatic heterocycles. The van der Waals surface area contributed by atoms with Crippen LogP contribution in [0.3, 0.4) is 0 Å². The van der Waals surface area contributed by atoms with E-state index in [1.165, 1.54) is 16.7 Å². The third-order valence-corrected chi connectivity index (χ3v) is 3.65. The Kier molecular flexibility index (Phi) is 2.26. The van der Waals surface area contributed by atoms with Crippen LogP contribution < -0.4 is 0 Å². The second-order valence-electron chi connectivity index (χ2n) is 4.29. The molecule has 86 valence electrons. The second-order valence-corrected chi connectivity index (χ2v) is 5.45. The molecule has 0 fully saturated rings. The predicted octanol–water partition coefficient (Wildman–Crippen LogP) is 3.38. The van der Waals surface area contributed by atoms with Gasteiger partial charge in [0.1, 0.15) is 5.01 Å². The Balaban J connectivity index is 2.19. The van der Waals surface area contributed by atoms with Gasteiger partial charge in [0, 0.05) is 5.56 Å². The predicted molar refractivity (Wildman–Crippen MR) is 70.5 cm³/mol. The van der Waals surface area contributed by atoms with Crippen LogP contribution in [0, 0.1) is 20.8 Å². The monoisotopic (exact) mass is 243 g/mol. The first kappa shape index (κ1) is 10.5. The molecule has 4 heteroatoms. The SMILES string of the molecule is Cc1ccc(C)c(-c2cn3nc(C)sc3n2)c1. The van der Waals surface area contributed by atoms with Gasteiger partial charge in [-0.15, -0.1) is 0 Å². The molecule has 0 N–H and O–H groups in total. The Labute approximate surface area is 104 Å². The molecule has 0 radical (unpaired) electrons. The van der Waals surface area contributed by atoms with E-state index in [0.717, 1.165) is 15.7 Å². The van der Waals surface area contributed by atoms with Crippen LogP contribution in [0.25, 0.3) is 16.2 Å². The van der Waals surface area contributed by atoms with E-state index in [-0.39, 0.29) is 0 Å². The highest BCUT2D eigenvalue weighted by Crippen LogP contribution is 2.25. The van der Waals surface area contributed by atoms with Crippen molar-refractivity contribution in [1.82, 2.24) is 14.6 Å². The fourth-order valence-electron chi connectivity index (χ4n) is 1.94. The minimum atomic E-state index is 0.957. The third-order valence-electron chi connectivity index (χ3n) is 2.81. The highest BCUT2D eigenvalue weighted by atomic mass is 32.1. The maximum Gasteiger partial charge on any atom is 0.212 e. The van der Waals surface area contributed by atoms with Crippen molar-refractivity contribution in [2.24, 2.45) is 0 Å². The van der Waals surface area contributed by atoms with E-state index in [9.17, 15) is 0 Å². The van der Waals surface area contributed by atoms with Crippen molar-refractivity contribution in [1.29, 1.82) is 0 Å². The first-order valence-electron chi connectivity index (χ1n) is 5.54. The van der Waals surface area contributed by atoms with Gasteiger partial charge in [-0.2, -0.15) is 5.10 Å². The molecule has 0 bridgehead atoms. The van der Waals surface area contributed by atoms with Crippen molar-refractivity contribution >= 4 is 16.3 Å². The van der Waals surface area contributed by atoms with E-state index in [1.807, 2.05) is 17.6 Å².